The van der Waals surface area contributed by atoms with E-state index in [9.17, 15) is 0 Å². The Kier molecular flexibility index (Phi) is 3.61. The van der Waals surface area contributed by atoms with Crippen LogP contribution in [0.1, 0.15) is 70.4 Å². The van der Waals surface area contributed by atoms with E-state index >= 15 is 0 Å². The van der Waals surface area contributed by atoms with Gasteiger partial charge in [0.1, 0.15) is 0 Å². The molecule has 0 aromatic heterocycles. The summed E-state index contributed by atoms with van der Waals surface area (Å²) in [5.41, 5.74) is 3.30. The van der Waals surface area contributed by atoms with Crippen LogP contribution in [0.2, 0.25) is 0 Å². The molecule has 1 aliphatic carbocycles. The summed E-state index contributed by atoms with van der Waals surface area (Å²) in [6.07, 6.45) is 5.60. The van der Waals surface area contributed by atoms with E-state index in [1.165, 1.54) is 31.2 Å². The van der Waals surface area contributed by atoms with Crippen molar-refractivity contribution in [1.29, 1.82) is 0 Å². The standard InChI is InChI=1S/C17H26/c1-5-6-7-14-12-16(14)13-8-10-15(11-9-13)17(2,3)4/h8-11,14,16H,5-7,12H2,1-4H3/t14-,16+/m1/s1. The summed E-state index contributed by atoms with van der Waals surface area (Å²) in [4.78, 5) is 0. The Bertz CT molecular complexity index is 353. The van der Waals surface area contributed by atoms with Gasteiger partial charge in [-0.15, -0.1) is 0 Å². The Labute approximate surface area is 106 Å². The van der Waals surface area contributed by atoms with Crippen molar-refractivity contribution in [2.75, 3.05) is 0 Å². The predicted molar refractivity (Wildman–Crippen MR) is 75.5 cm³/mol. The molecule has 0 spiro atoms. The molecule has 1 aromatic carbocycles. The van der Waals surface area contributed by atoms with Gasteiger partial charge in [-0.1, -0.05) is 64.8 Å². The molecule has 94 valence electrons. The van der Waals surface area contributed by atoms with Gasteiger partial charge in [0.2, 0.25) is 0 Å². The molecular weight excluding hydrogens is 204 g/mol. The van der Waals surface area contributed by atoms with Gasteiger partial charge >= 0.3 is 0 Å². The van der Waals surface area contributed by atoms with Gasteiger partial charge in [0, 0.05) is 0 Å². The van der Waals surface area contributed by atoms with Crippen LogP contribution >= 0.6 is 0 Å². The van der Waals surface area contributed by atoms with Gasteiger partial charge in [0.25, 0.3) is 0 Å². The van der Waals surface area contributed by atoms with Crippen molar-refractivity contribution in [3.05, 3.63) is 35.4 Å². The number of benzene rings is 1. The average Bonchev–Trinajstić information content (AvgIpc) is 3.05. The zero-order valence-electron chi connectivity index (χ0n) is 11.8. The van der Waals surface area contributed by atoms with Crippen LogP contribution < -0.4 is 0 Å². The van der Waals surface area contributed by atoms with E-state index in [1.54, 1.807) is 5.56 Å². The third-order valence-corrected chi connectivity index (χ3v) is 4.06. The zero-order valence-corrected chi connectivity index (χ0v) is 11.8. The van der Waals surface area contributed by atoms with Crippen LogP contribution in [0.15, 0.2) is 24.3 Å². The van der Waals surface area contributed by atoms with Crippen molar-refractivity contribution in [1.82, 2.24) is 0 Å². The van der Waals surface area contributed by atoms with Crippen molar-refractivity contribution in [3.63, 3.8) is 0 Å². The van der Waals surface area contributed by atoms with Gasteiger partial charge in [-0.2, -0.15) is 0 Å². The number of hydrogen-bond donors (Lipinski definition) is 0. The molecule has 0 saturated heterocycles. The minimum atomic E-state index is 0.281. The first kappa shape index (κ1) is 12.7. The van der Waals surface area contributed by atoms with Crippen molar-refractivity contribution >= 4 is 0 Å². The molecule has 1 aromatic rings. The van der Waals surface area contributed by atoms with E-state index in [1.807, 2.05) is 0 Å². The van der Waals surface area contributed by atoms with Crippen LogP contribution in [-0.2, 0) is 5.41 Å². The van der Waals surface area contributed by atoms with Crippen LogP contribution in [0.5, 0.6) is 0 Å². The highest BCUT2D eigenvalue weighted by Gasteiger charge is 2.37. The van der Waals surface area contributed by atoms with E-state index < -0.39 is 0 Å². The molecule has 0 unspecified atom stereocenters. The molecule has 17 heavy (non-hydrogen) atoms. The summed E-state index contributed by atoms with van der Waals surface area (Å²) < 4.78 is 0. The molecular formula is C17H26. The van der Waals surface area contributed by atoms with Gasteiger partial charge in [-0.3, -0.25) is 0 Å². The lowest BCUT2D eigenvalue weighted by atomic mass is 9.86. The largest absolute Gasteiger partial charge is 0.0654 e. The molecule has 2 atom stereocenters. The molecule has 2 rings (SSSR count). The molecule has 1 fully saturated rings. The molecule has 0 N–H and O–H groups in total. The highest BCUT2D eigenvalue weighted by Crippen LogP contribution is 2.50. The van der Waals surface area contributed by atoms with Crippen molar-refractivity contribution in [2.24, 2.45) is 5.92 Å². The molecule has 1 aliphatic rings. The van der Waals surface area contributed by atoms with Crippen LogP contribution in [0.25, 0.3) is 0 Å². The predicted octanol–water partition coefficient (Wildman–Crippen LogP) is 5.28. The van der Waals surface area contributed by atoms with Gasteiger partial charge in [-0.25, -0.2) is 0 Å². The topological polar surface area (TPSA) is 0 Å². The number of rotatable bonds is 4. The lowest BCUT2D eigenvalue weighted by Gasteiger charge is -2.19. The quantitative estimate of drug-likeness (QED) is 0.660. The summed E-state index contributed by atoms with van der Waals surface area (Å²) in [6.45, 7) is 9.13. The van der Waals surface area contributed by atoms with Crippen molar-refractivity contribution in [3.8, 4) is 0 Å². The Morgan fingerprint density at radius 1 is 1.12 bits per heavy atom. The molecule has 1 saturated carbocycles. The van der Waals surface area contributed by atoms with Gasteiger partial charge < -0.3 is 0 Å². The molecule has 0 heteroatoms. The molecule has 0 heterocycles. The maximum Gasteiger partial charge on any atom is -0.0131 e. The molecule has 0 radical (unpaired) electrons. The lowest BCUT2D eigenvalue weighted by molar-refractivity contribution is 0.589. The normalized spacial score (nSPS) is 23.8. The Morgan fingerprint density at radius 3 is 2.29 bits per heavy atom. The molecule has 0 aliphatic heterocycles. The number of unbranched alkanes of at least 4 members (excludes halogenated alkanes) is 1. The second kappa shape index (κ2) is 4.84. The first-order valence-electron chi connectivity index (χ1n) is 7.13. The second-order valence-corrected chi connectivity index (χ2v) is 6.62. The van der Waals surface area contributed by atoms with Crippen LogP contribution in [0.3, 0.4) is 0 Å². The van der Waals surface area contributed by atoms with E-state index in [2.05, 4.69) is 52.0 Å². The Hall–Kier alpha value is -0.780. The fourth-order valence-corrected chi connectivity index (χ4v) is 2.67. The minimum absolute atomic E-state index is 0.281. The third-order valence-electron chi connectivity index (χ3n) is 4.06. The molecule has 0 bridgehead atoms. The molecule has 0 nitrogen and oxygen atoms in total. The van der Waals surface area contributed by atoms with E-state index in [0.717, 1.165) is 11.8 Å². The number of hydrogen-bond acceptors (Lipinski definition) is 0. The minimum Gasteiger partial charge on any atom is -0.0654 e. The summed E-state index contributed by atoms with van der Waals surface area (Å²) in [5.74, 6) is 1.85. The maximum absolute atomic E-state index is 2.36. The van der Waals surface area contributed by atoms with E-state index in [4.69, 9.17) is 0 Å². The first-order valence-corrected chi connectivity index (χ1v) is 7.13. The smallest absolute Gasteiger partial charge is 0.0131 e. The summed E-state index contributed by atoms with van der Waals surface area (Å²) in [5, 5.41) is 0. The van der Waals surface area contributed by atoms with E-state index in [0.29, 0.717) is 0 Å². The highest BCUT2D eigenvalue weighted by atomic mass is 14.4. The van der Waals surface area contributed by atoms with Crippen LogP contribution in [-0.4, -0.2) is 0 Å². The summed E-state index contributed by atoms with van der Waals surface area (Å²) in [7, 11) is 0. The second-order valence-electron chi connectivity index (χ2n) is 6.62. The van der Waals surface area contributed by atoms with Crippen LogP contribution in [0, 0.1) is 5.92 Å². The fourth-order valence-electron chi connectivity index (χ4n) is 2.67. The van der Waals surface area contributed by atoms with Crippen LogP contribution in [0.4, 0.5) is 0 Å². The zero-order chi connectivity index (χ0) is 12.5. The summed E-state index contributed by atoms with van der Waals surface area (Å²) in [6, 6.07) is 9.36. The average molecular weight is 230 g/mol. The SMILES string of the molecule is CCCC[C@@H]1C[C@H]1c1ccc(C(C)(C)C)cc1. The molecule has 0 amide bonds. The van der Waals surface area contributed by atoms with E-state index in [-0.39, 0.29) is 5.41 Å². The van der Waals surface area contributed by atoms with Crippen molar-refractivity contribution in [2.45, 2.75) is 64.7 Å². The Morgan fingerprint density at radius 2 is 1.76 bits per heavy atom. The lowest BCUT2D eigenvalue weighted by Crippen LogP contribution is -2.10. The Balaban J connectivity index is 1.96. The van der Waals surface area contributed by atoms with Gasteiger partial charge in [0.05, 0.1) is 0 Å². The monoisotopic (exact) mass is 230 g/mol. The van der Waals surface area contributed by atoms with Gasteiger partial charge in [-0.05, 0) is 41.2 Å². The fraction of sp³-hybridized carbons (Fsp3) is 0.647. The summed E-state index contributed by atoms with van der Waals surface area (Å²) >= 11 is 0. The maximum atomic E-state index is 2.36. The third kappa shape index (κ3) is 3.12. The first-order chi connectivity index (χ1) is 8.02. The highest BCUT2D eigenvalue weighted by molar-refractivity contribution is 5.32. The van der Waals surface area contributed by atoms with Crippen molar-refractivity contribution < 1.29 is 0 Å². The van der Waals surface area contributed by atoms with Gasteiger partial charge in [0.15, 0.2) is 0 Å².